The fourth-order valence-electron chi connectivity index (χ4n) is 3.35. The lowest BCUT2D eigenvalue weighted by Gasteiger charge is -2.42. The van der Waals surface area contributed by atoms with Crippen molar-refractivity contribution in [1.29, 1.82) is 0 Å². The zero-order chi connectivity index (χ0) is 18.7. The largest absolute Gasteiger partial charge is 0.395 e. The fraction of sp³-hybridized carbons (Fsp3) is 0.500. The van der Waals surface area contributed by atoms with Crippen molar-refractivity contribution in [3.8, 4) is 0 Å². The summed E-state index contributed by atoms with van der Waals surface area (Å²) < 4.78 is 13.1. The molecule has 0 radical (unpaired) electrons. The first-order chi connectivity index (χ1) is 12.4. The van der Waals surface area contributed by atoms with Crippen LogP contribution in [0.5, 0.6) is 0 Å². The lowest BCUT2D eigenvalue weighted by Crippen LogP contribution is -2.53. The summed E-state index contributed by atoms with van der Waals surface area (Å²) in [6.45, 7) is 10.4. The number of nitrogens with zero attached hydrogens (tertiary/aromatic N) is 4. The van der Waals surface area contributed by atoms with Gasteiger partial charge >= 0.3 is 0 Å². The van der Waals surface area contributed by atoms with Crippen molar-refractivity contribution >= 4 is 5.95 Å². The van der Waals surface area contributed by atoms with Gasteiger partial charge in [0.1, 0.15) is 5.82 Å². The second kappa shape index (κ2) is 7.68. The topological polar surface area (TPSA) is 52.5 Å². The molecule has 26 heavy (non-hydrogen) atoms. The van der Waals surface area contributed by atoms with Gasteiger partial charge in [0.25, 0.3) is 0 Å². The molecule has 1 atom stereocenters. The number of benzene rings is 1. The first-order valence-electron chi connectivity index (χ1n) is 9.07. The van der Waals surface area contributed by atoms with Gasteiger partial charge in [-0.2, -0.15) is 0 Å². The lowest BCUT2D eigenvalue weighted by molar-refractivity contribution is 0.128. The van der Waals surface area contributed by atoms with Crippen molar-refractivity contribution in [1.82, 2.24) is 14.9 Å². The molecule has 1 unspecified atom stereocenters. The number of aliphatic hydroxyl groups is 1. The third-order valence-electron chi connectivity index (χ3n) is 5.03. The zero-order valence-corrected chi connectivity index (χ0v) is 15.7. The van der Waals surface area contributed by atoms with Crippen LogP contribution in [-0.2, 0) is 0 Å². The molecule has 140 valence electrons. The SMILES string of the molecule is CC(C)(C)N1CCN(c2ncc(C(CO)c3ccc(F)cc3)cn2)CC1. The van der Waals surface area contributed by atoms with Gasteiger partial charge in [-0.25, -0.2) is 14.4 Å². The first-order valence-corrected chi connectivity index (χ1v) is 9.07. The minimum absolute atomic E-state index is 0.0708. The number of aliphatic hydroxyl groups excluding tert-OH is 1. The van der Waals surface area contributed by atoms with Gasteiger partial charge in [0, 0.05) is 50.0 Å². The molecular formula is C20H27FN4O. The van der Waals surface area contributed by atoms with E-state index >= 15 is 0 Å². The maximum Gasteiger partial charge on any atom is 0.225 e. The Balaban J connectivity index is 1.69. The van der Waals surface area contributed by atoms with Crippen molar-refractivity contribution in [3.05, 3.63) is 53.6 Å². The van der Waals surface area contributed by atoms with E-state index in [0.717, 1.165) is 43.3 Å². The van der Waals surface area contributed by atoms with E-state index < -0.39 is 0 Å². The molecule has 6 heteroatoms. The summed E-state index contributed by atoms with van der Waals surface area (Å²) in [5.41, 5.74) is 1.86. The molecule has 2 heterocycles. The van der Waals surface area contributed by atoms with Crippen LogP contribution >= 0.6 is 0 Å². The quantitative estimate of drug-likeness (QED) is 0.911. The second-order valence-corrected chi connectivity index (χ2v) is 7.75. The predicted octanol–water partition coefficient (Wildman–Crippen LogP) is 2.66. The van der Waals surface area contributed by atoms with Crippen molar-refractivity contribution < 1.29 is 9.50 Å². The number of anilines is 1. The molecule has 1 aliphatic rings. The third kappa shape index (κ3) is 4.19. The van der Waals surface area contributed by atoms with Crippen LogP contribution in [0.4, 0.5) is 10.3 Å². The Labute approximate surface area is 154 Å². The summed E-state index contributed by atoms with van der Waals surface area (Å²) in [7, 11) is 0. The van der Waals surface area contributed by atoms with Crippen molar-refractivity contribution in [2.45, 2.75) is 32.2 Å². The molecule has 0 amide bonds. The van der Waals surface area contributed by atoms with E-state index in [1.807, 2.05) is 0 Å². The van der Waals surface area contributed by atoms with E-state index in [-0.39, 0.29) is 23.9 Å². The van der Waals surface area contributed by atoms with Gasteiger partial charge < -0.3 is 10.0 Å². The molecule has 1 fully saturated rings. The van der Waals surface area contributed by atoms with E-state index in [4.69, 9.17) is 0 Å². The van der Waals surface area contributed by atoms with Crippen LogP contribution in [0, 0.1) is 5.82 Å². The standard InChI is InChI=1S/C20H27FN4O/c1-20(2,3)25-10-8-24(9-11-25)19-22-12-16(13-23-19)18(14-26)15-4-6-17(21)7-5-15/h4-7,12-13,18,26H,8-11,14H2,1-3H3. The van der Waals surface area contributed by atoms with Gasteiger partial charge in [0.05, 0.1) is 6.61 Å². The summed E-state index contributed by atoms with van der Waals surface area (Å²) in [5, 5.41) is 9.76. The van der Waals surface area contributed by atoms with Gasteiger partial charge in [-0.05, 0) is 44.0 Å². The van der Waals surface area contributed by atoms with Gasteiger partial charge in [0.15, 0.2) is 0 Å². The Morgan fingerprint density at radius 1 is 1.00 bits per heavy atom. The van der Waals surface area contributed by atoms with Crippen LogP contribution in [0.1, 0.15) is 37.8 Å². The maximum atomic E-state index is 13.1. The summed E-state index contributed by atoms with van der Waals surface area (Å²) >= 11 is 0. The molecule has 1 saturated heterocycles. The highest BCUT2D eigenvalue weighted by molar-refractivity contribution is 5.35. The summed E-state index contributed by atoms with van der Waals surface area (Å²) in [6, 6.07) is 6.19. The van der Waals surface area contributed by atoms with E-state index in [2.05, 4.69) is 40.5 Å². The van der Waals surface area contributed by atoms with E-state index in [9.17, 15) is 9.50 Å². The van der Waals surface area contributed by atoms with Gasteiger partial charge in [0.2, 0.25) is 5.95 Å². The molecule has 2 aromatic rings. The minimum Gasteiger partial charge on any atom is -0.395 e. The minimum atomic E-state index is -0.286. The average molecular weight is 358 g/mol. The number of halogens is 1. The molecule has 0 saturated carbocycles. The normalized spacial score (nSPS) is 17.3. The van der Waals surface area contributed by atoms with Crippen LogP contribution in [0.2, 0.25) is 0 Å². The summed E-state index contributed by atoms with van der Waals surface area (Å²) in [6.07, 6.45) is 3.53. The van der Waals surface area contributed by atoms with Crippen LogP contribution in [0.15, 0.2) is 36.7 Å². The Hall–Kier alpha value is -2.05. The van der Waals surface area contributed by atoms with E-state index in [1.165, 1.54) is 12.1 Å². The van der Waals surface area contributed by atoms with Crippen molar-refractivity contribution in [2.75, 3.05) is 37.7 Å². The molecule has 1 aromatic heterocycles. The third-order valence-corrected chi connectivity index (χ3v) is 5.03. The lowest BCUT2D eigenvalue weighted by atomic mass is 9.94. The molecule has 3 rings (SSSR count). The molecule has 0 aliphatic carbocycles. The first kappa shape index (κ1) is 18.7. The highest BCUT2D eigenvalue weighted by atomic mass is 19.1. The van der Waals surface area contributed by atoms with Crippen molar-refractivity contribution in [2.24, 2.45) is 0 Å². The summed E-state index contributed by atoms with van der Waals surface area (Å²) in [5.74, 6) is 0.187. The molecule has 1 aliphatic heterocycles. The second-order valence-electron chi connectivity index (χ2n) is 7.75. The van der Waals surface area contributed by atoms with Gasteiger partial charge in [-0.15, -0.1) is 0 Å². The monoisotopic (exact) mass is 358 g/mol. The Bertz CT molecular complexity index is 704. The van der Waals surface area contributed by atoms with Crippen LogP contribution in [0.25, 0.3) is 0 Å². The van der Waals surface area contributed by atoms with Gasteiger partial charge in [-0.3, -0.25) is 4.90 Å². The fourth-order valence-corrected chi connectivity index (χ4v) is 3.35. The maximum absolute atomic E-state index is 13.1. The molecule has 1 N–H and O–H groups in total. The van der Waals surface area contributed by atoms with Gasteiger partial charge in [-0.1, -0.05) is 12.1 Å². The highest BCUT2D eigenvalue weighted by Gasteiger charge is 2.26. The van der Waals surface area contributed by atoms with Crippen LogP contribution in [-0.4, -0.2) is 58.3 Å². The zero-order valence-electron chi connectivity index (χ0n) is 15.7. The van der Waals surface area contributed by atoms with Crippen LogP contribution in [0.3, 0.4) is 0 Å². The molecule has 0 spiro atoms. The van der Waals surface area contributed by atoms with Crippen molar-refractivity contribution in [3.63, 3.8) is 0 Å². The van der Waals surface area contributed by atoms with Crippen LogP contribution < -0.4 is 4.90 Å². The molecule has 5 nitrogen and oxygen atoms in total. The Kier molecular flexibility index (Phi) is 5.53. The summed E-state index contributed by atoms with van der Waals surface area (Å²) in [4.78, 5) is 13.7. The molecule has 0 bridgehead atoms. The Morgan fingerprint density at radius 3 is 2.08 bits per heavy atom. The molecule has 1 aromatic carbocycles. The highest BCUT2D eigenvalue weighted by Crippen LogP contribution is 2.25. The average Bonchev–Trinajstić information content (AvgIpc) is 2.64. The number of aromatic nitrogens is 2. The Morgan fingerprint density at radius 2 is 1.58 bits per heavy atom. The predicted molar refractivity (Wildman–Crippen MR) is 101 cm³/mol. The molecular weight excluding hydrogens is 331 g/mol. The number of hydrogen-bond donors (Lipinski definition) is 1. The number of hydrogen-bond acceptors (Lipinski definition) is 5. The van der Waals surface area contributed by atoms with E-state index in [0.29, 0.717) is 0 Å². The number of piperazine rings is 1. The smallest absolute Gasteiger partial charge is 0.225 e. The van der Waals surface area contributed by atoms with E-state index in [1.54, 1.807) is 24.5 Å². The number of rotatable bonds is 4.